The molecule has 3 fully saturated rings. The molecule has 1 atom stereocenters. The van der Waals surface area contributed by atoms with Crippen molar-refractivity contribution in [3.05, 3.63) is 41.6 Å². The smallest absolute Gasteiger partial charge is 0.256 e. The summed E-state index contributed by atoms with van der Waals surface area (Å²) in [6.45, 7) is 5.79. The Morgan fingerprint density at radius 3 is 2.69 bits per heavy atom. The minimum Gasteiger partial charge on any atom is -0.488 e. The van der Waals surface area contributed by atoms with Gasteiger partial charge in [0.2, 0.25) is 5.91 Å². The van der Waals surface area contributed by atoms with E-state index in [4.69, 9.17) is 9.73 Å². The molecule has 7 rings (SSSR count). The van der Waals surface area contributed by atoms with Crippen molar-refractivity contribution in [3.8, 4) is 16.9 Å². The highest BCUT2D eigenvalue weighted by Gasteiger charge is 2.51. The van der Waals surface area contributed by atoms with Crippen LogP contribution in [0, 0.1) is 18.8 Å². The van der Waals surface area contributed by atoms with Crippen molar-refractivity contribution in [3.63, 3.8) is 0 Å². The van der Waals surface area contributed by atoms with Crippen LogP contribution in [0.25, 0.3) is 11.1 Å². The van der Waals surface area contributed by atoms with E-state index in [-0.39, 0.29) is 17.7 Å². The number of rotatable bonds is 5. The van der Waals surface area contributed by atoms with Gasteiger partial charge < -0.3 is 14.5 Å². The average Bonchev–Trinajstić information content (AvgIpc) is 3.39. The Kier molecular flexibility index (Phi) is 5.90. The Labute approximate surface area is 230 Å². The third-order valence-corrected chi connectivity index (χ3v) is 9.29. The first-order valence-corrected chi connectivity index (χ1v) is 14.6. The van der Waals surface area contributed by atoms with Crippen LogP contribution >= 0.6 is 0 Å². The fourth-order valence-electron chi connectivity index (χ4n) is 6.83. The SMILES string of the molecule is Cc1cc(-c2cnc3c(c2)OCCN3C)ccc1C1=NC2(CCCC2)C(=O)N1C[C@@H]1CCN(C(=O)C2CC2)C1. The molecular formula is C31H37N5O3. The molecule has 1 aromatic heterocycles. The second-order valence-electron chi connectivity index (χ2n) is 12.1. The molecule has 2 aliphatic carbocycles. The van der Waals surface area contributed by atoms with Crippen molar-refractivity contribution < 1.29 is 14.3 Å². The number of amides is 2. The third kappa shape index (κ3) is 4.28. The Balaban J connectivity index is 1.16. The zero-order valence-corrected chi connectivity index (χ0v) is 23.0. The van der Waals surface area contributed by atoms with Gasteiger partial charge in [-0.1, -0.05) is 31.0 Å². The molecule has 4 heterocycles. The molecule has 8 nitrogen and oxygen atoms in total. The summed E-state index contributed by atoms with van der Waals surface area (Å²) in [5.74, 6) is 3.50. The molecule has 39 heavy (non-hydrogen) atoms. The molecule has 204 valence electrons. The summed E-state index contributed by atoms with van der Waals surface area (Å²) in [5.41, 5.74) is 3.58. The van der Waals surface area contributed by atoms with Crippen LogP contribution in [-0.4, -0.2) is 77.8 Å². The number of hydrogen-bond donors (Lipinski definition) is 0. The number of nitrogens with zero attached hydrogens (tertiary/aromatic N) is 5. The molecule has 1 saturated heterocycles. The summed E-state index contributed by atoms with van der Waals surface area (Å²) in [4.78, 5) is 42.5. The van der Waals surface area contributed by atoms with Gasteiger partial charge in [-0.05, 0) is 62.1 Å². The van der Waals surface area contributed by atoms with Crippen molar-refractivity contribution in [2.75, 3.05) is 44.7 Å². The molecule has 0 N–H and O–H groups in total. The highest BCUT2D eigenvalue weighted by atomic mass is 16.5. The van der Waals surface area contributed by atoms with E-state index in [0.29, 0.717) is 19.1 Å². The number of benzene rings is 1. The summed E-state index contributed by atoms with van der Waals surface area (Å²) in [6, 6.07) is 8.45. The fraction of sp³-hybridized carbons (Fsp3) is 0.548. The number of amidine groups is 1. The number of ether oxygens (including phenoxy) is 1. The second kappa shape index (κ2) is 9.35. The number of fused-ring (bicyclic) bond motifs is 1. The lowest BCUT2D eigenvalue weighted by atomic mass is 9.97. The molecule has 1 spiro atoms. The topological polar surface area (TPSA) is 78.3 Å². The number of aryl methyl sites for hydroxylation is 1. The molecule has 2 aromatic rings. The summed E-state index contributed by atoms with van der Waals surface area (Å²) in [7, 11) is 2.04. The van der Waals surface area contributed by atoms with Gasteiger partial charge in [0.25, 0.3) is 5.91 Å². The van der Waals surface area contributed by atoms with Crippen LogP contribution < -0.4 is 9.64 Å². The van der Waals surface area contributed by atoms with Gasteiger partial charge in [0, 0.05) is 49.9 Å². The van der Waals surface area contributed by atoms with Crippen LogP contribution in [0.1, 0.15) is 56.1 Å². The van der Waals surface area contributed by atoms with Crippen molar-refractivity contribution in [2.45, 2.75) is 57.4 Å². The molecule has 8 heteroatoms. The molecule has 3 aliphatic heterocycles. The van der Waals surface area contributed by atoms with Crippen LogP contribution in [-0.2, 0) is 9.59 Å². The van der Waals surface area contributed by atoms with Crippen molar-refractivity contribution in [1.29, 1.82) is 0 Å². The number of hydrogen-bond acceptors (Lipinski definition) is 6. The first-order chi connectivity index (χ1) is 18.9. The van der Waals surface area contributed by atoms with Crippen LogP contribution in [0.15, 0.2) is 35.5 Å². The molecule has 1 aromatic carbocycles. The predicted octanol–water partition coefficient (Wildman–Crippen LogP) is 4.05. The van der Waals surface area contributed by atoms with Crippen LogP contribution in [0.2, 0.25) is 0 Å². The largest absolute Gasteiger partial charge is 0.488 e. The lowest BCUT2D eigenvalue weighted by Gasteiger charge is -2.27. The quantitative estimate of drug-likeness (QED) is 0.586. The Hall–Kier alpha value is -3.42. The highest BCUT2D eigenvalue weighted by Crippen LogP contribution is 2.42. The number of carbonyl (C=O) groups is 2. The van der Waals surface area contributed by atoms with E-state index in [0.717, 1.165) is 104 Å². The molecule has 2 amide bonds. The number of likely N-dealkylation sites (N-methyl/N-ethyl adjacent to an activating group) is 1. The molecular weight excluding hydrogens is 490 g/mol. The van der Waals surface area contributed by atoms with E-state index in [9.17, 15) is 9.59 Å². The number of pyridine rings is 1. The Morgan fingerprint density at radius 2 is 1.92 bits per heavy atom. The molecule has 0 bridgehead atoms. The van der Waals surface area contributed by atoms with Gasteiger partial charge >= 0.3 is 0 Å². The zero-order chi connectivity index (χ0) is 26.7. The highest BCUT2D eigenvalue weighted by molar-refractivity contribution is 6.16. The standard InChI is InChI=1S/C31H37N5O3/c1-20-15-23(24-16-26-28(32-17-24)34(2)13-14-39-26)7-8-25(20)27-33-31(10-3-4-11-31)30(38)36(27)19-21-9-12-35(18-21)29(37)22-5-6-22/h7-8,15-17,21-22H,3-6,9-14,18-19H2,1-2H3/t21-/m1/s1. The summed E-state index contributed by atoms with van der Waals surface area (Å²) in [5, 5.41) is 0. The van der Waals surface area contributed by atoms with Gasteiger partial charge in [0.1, 0.15) is 18.0 Å². The Bertz CT molecular complexity index is 1360. The summed E-state index contributed by atoms with van der Waals surface area (Å²) < 4.78 is 5.88. The average molecular weight is 528 g/mol. The molecule has 0 unspecified atom stereocenters. The first kappa shape index (κ1) is 24.6. The van der Waals surface area contributed by atoms with Crippen molar-refractivity contribution in [1.82, 2.24) is 14.8 Å². The fourth-order valence-corrected chi connectivity index (χ4v) is 6.83. The summed E-state index contributed by atoms with van der Waals surface area (Å²) >= 11 is 0. The summed E-state index contributed by atoms with van der Waals surface area (Å²) in [6.07, 6.45) is 8.67. The number of carbonyl (C=O) groups excluding carboxylic acids is 2. The van der Waals surface area contributed by atoms with Gasteiger partial charge in [0.15, 0.2) is 11.6 Å². The third-order valence-electron chi connectivity index (χ3n) is 9.29. The molecule has 5 aliphatic rings. The normalized spacial score (nSPS) is 23.8. The van der Waals surface area contributed by atoms with Crippen LogP contribution in [0.5, 0.6) is 5.75 Å². The van der Waals surface area contributed by atoms with E-state index in [1.54, 1.807) is 0 Å². The molecule has 2 saturated carbocycles. The minimum atomic E-state index is -0.603. The predicted molar refractivity (Wildman–Crippen MR) is 150 cm³/mol. The van der Waals surface area contributed by atoms with Crippen molar-refractivity contribution >= 4 is 23.5 Å². The van der Waals surface area contributed by atoms with Gasteiger partial charge in [0.05, 0.1) is 6.54 Å². The maximum Gasteiger partial charge on any atom is 0.256 e. The van der Waals surface area contributed by atoms with E-state index in [2.05, 4.69) is 41.1 Å². The van der Waals surface area contributed by atoms with Gasteiger partial charge in [-0.25, -0.2) is 4.98 Å². The maximum atomic E-state index is 13.9. The van der Waals surface area contributed by atoms with E-state index < -0.39 is 5.54 Å². The van der Waals surface area contributed by atoms with Crippen molar-refractivity contribution in [2.24, 2.45) is 16.8 Å². The maximum absolute atomic E-state index is 13.9. The monoisotopic (exact) mass is 527 g/mol. The van der Waals surface area contributed by atoms with E-state index in [1.165, 1.54) is 0 Å². The lowest BCUT2D eigenvalue weighted by molar-refractivity contribution is -0.131. The number of likely N-dealkylation sites (tertiary alicyclic amines) is 1. The number of aliphatic imine (C=N–C) groups is 1. The first-order valence-electron chi connectivity index (χ1n) is 14.6. The lowest BCUT2D eigenvalue weighted by Crippen LogP contribution is -2.44. The van der Waals surface area contributed by atoms with Gasteiger partial charge in [-0.15, -0.1) is 0 Å². The Morgan fingerprint density at radius 1 is 1.10 bits per heavy atom. The zero-order valence-electron chi connectivity index (χ0n) is 23.0. The molecule has 0 radical (unpaired) electrons. The van der Waals surface area contributed by atoms with E-state index in [1.807, 2.05) is 23.0 Å². The van der Waals surface area contributed by atoms with Gasteiger partial charge in [-0.2, -0.15) is 0 Å². The second-order valence-corrected chi connectivity index (χ2v) is 12.1. The van der Waals surface area contributed by atoms with E-state index >= 15 is 0 Å². The number of anilines is 1. The van der Waals surface area contributed by atoms with Crippen LogP contribution in [0.4, 0.5) is 5.82 Å². The number of aromatic nitrogens is 1. The van der Waals surface area contributed by atoms with Gasteiger partial charge in [-0.3, -0.25) is 19.5 Å². The minimum absolute atomic E-state index is 0.158. The van der Waals surface area contributed by atoms with Crippen LogP contribution in [0.3, 0.4) is 0 Å².